The van der Waals surface area contributed by atoms with E-state index in [-0.39, 0.29) is 5.41 Å². The maximum absolute atomic E-state index is 5.87. The molecule has 0 spiro atoms. The molecule has 0 atom stereocenters. The third-order valence-corrected chi connectivity index (χ3v) is 3.27. The van der Waals surface area contributed by atoms with Gasteiger partial charge in [-0.05, 0) is 23.5 Å². The van der Waals surface area contributed by atoms with Gasteiger partial charge in [0.2, 0.25) is 0 Å². The summed E-state index contributed by atoms with van der Waals surface area (Å²) in [6.07, 6.45) is 0. The van der Waals surface area contributed by atoms with Gasteiger partial charge in [-0.1, -0.05) is 38.1 Å². The maximum atomic E-state index is 5.87. The van der Waals surface area contributed by atoms with Crippen LogP contribution in [0.3, 0.4) is 0 Å². The molecule has 0 amide bonds. The van der Waals surface area contributed by atoms with Gasteiger partial charge in [0.05, 0.1) is 0 Å². The lowest BCUT2D eigenvalue weighted by atomic mass is 9.96. The summed E-state index contributed by atoms with van der Waals surface area (Å²) >= 11 is 5.87. The Morgan fingerprint density at radius 1 is 1.27 bits per heavy atom. The number of hydrogen-bond acceptors (Lipinski definition) is 1. The van der Waals surface area contributed by atoms with Crippen molar-refractivity contribution in [1.29, 1.82) is 0 Å². The molecule has 0 aliphatic carbocycles. The Bertz CT molecular complexity index is 307. The van der Waals surface area contributed by atoms with Gasteiger partial charge >= 0.3 is 0 Å². The van der Waals surface area contributed by atoms with Gasteiger partial charge in [-0.3, -0.25) is 0 Å². The summed E-state index contributed by atoms with van der Waals surface area (Å²) in [5.41, 5.74) is 2.88. The lowest BCUT2D eigenvalue weighted by Gasteiger charge is -2.22. The SMILES string of the molecule is Cc1ccccc1CNCC(C)(C)CCl. The second kappa shape index (κ2) is 5.53. The van der Waals surface area contributed by atoms with Crippen LogP contribution in [0.4, 0.5) is 0 Å². The molecule has 84 valence electrons. The standard InChI is InChI=1S/C13H20ClN/c1-11-6-4-5-7-12(11)8-15-10-13(2,3)9-14/h4-7,15H,8-10H2,1-3H3. The van der Waals surface area contributed by atoms with Crippen LogP contribution in [0.25, 0.3) is 0 Å². The summed E-state index contributed by atoms with van der Waals surface area (Å²) in [5.74, 6) is 0.688. The second-order valence-corrected chi connectivity index (χ2v) is 5.10. The molecular formula is C13H20ClN. The summed E-state index contributed by atoms with van der Waals surface area (Å²) in [6.45, 7) is 8.36. The molecule has 0 saturated carbocycles. The molecule has 1 aromatic rings. The van der Waals surface area contributed by atoms with Crippen LogP contribution in [0.15, 0.2) is 24.3 Å². The molecule has 0 saturated heterocycles. The van der Waals surface area contributed by atoms with Gasteiger partial charge in [-0.15, -0.1) is 11.6 Å². The molecule has 0 bridgehead atoms. The number of hydrogen-bond donors (Lipinski definition) is 1. The Morgan fingerprint density at radius 3 is 2.53 bits per heavy atom. The molecule has 1 aromatic carbocycles. The predicted molar refractivity (Wildman–Crippen MR) is 67.4 cm³/mol. The first-order chi connectivity index (χ1) is 7.05. The highest BCUT2D eigenvalue weighted by Crippen LogP contribution is 2.15. The lowest BCUT2D eigenvalue weighted by molar-refractivity contribution is 0.385. The molecule has 15 heavy (non-hydrogen) atoms. The maximum Gasteiger partial charge on any atom is 0.0286 e. The van der Waals surface area contributed by atoms with E-state index in [0.717, 1.165) is 13.1 Å². The first kappa shape index (κ1) is 12.5. The van der Waals surface area contributed by atoms with Crippen molar-refractivity contribution in [3.63, 3.8) is 0 Å². The van der Waals surface area contributed by atoms with Crippen molar-refractivity contribution >= 4 is 11.6 Å². The molecule has 1 N–H and O–H groups in total. The fourth-order valence-corrected chi connectivity index (χ4v) is 1.49. The van der Waals surface area contributed by atoms with Crippen LogP contribution in [0.5, 0.6) is 0 Å². The Morgan fingerprint density at radius 2 is 1.93 bits per heavy atom. The zero-order valence-electron chi connectivity index (χ0n) is 9.81. The molecular weight excluding hydrogens is 206 g/mol. The van der Waals surface area contributed by atoms with Gasteiger partial charge in [-0.25, -0.2) is 0 Å². The fourth-order valence-electron chi connectivity index (χ4n) is 1.39. The van der Waals surface area contributed by atoms with Crippen LogP contribution in [-0.4, -0.2) is 12.4 Å². The molecule has 1 nitrogen and oxygen atoms in total. The zero-order chi connectivity index (χ0) is 11.3. The molecule has 0 aliphatic rings. The van der Waals surface area contributed by atoms with Gasteiger partial charge in [0, 0.05) is 19.0 Å². The molecule has 0 aliphatic heterocycles. The van der Waals surface area contributed by atoms with Crippen LogP contribution < -0.4 is 5.32 Å². The summed E-state index contributed by atoms with van der Waals surface area (Å²) < 4.78 is 0. The molecule has 0 fully saturated rings. The molecule has 2 heteroatoms. The van der Waals surface area contributed by atoms with Crippen LogP contribution in [0, 0.1) is 12.3 Å². The summed E-state index contributed by atoms with van der Waals surface area (Å²) in [6, 6.07) is 8.46. The lowest BCUT2D eigenvalue weighted by Crippen LogP contribution is -2.30. The highest BCUT2D eigenvalue weighted by Gasteiger charge is 2.15. The van der Waals surface area contributed by atoms with E-state index in [1.165, 1.54) is 11.1 Å². The van der Waals surface area contributed by atoms with E-state index < -0.39 is 0 Å². The first-order valence-electron chi connectivity index (χ1n) is 5.36. The Labute approximate surface area is 97.8 Å². The zero-order valence-corrected chi connectivity index (χ0v) is 10.6. The Kier molecular flexibility index (Phi) is 4.62. The quantitative estimate of drug-likeness (QED) is 0.758. The van der Waals surface area contributed by atoms with Crippen LogP contribution >= 0.6 is 11.6 Å². The minimum Gasteiger partial charge on any atom is -0.312 e. The number of halogens is 1. The summed E-state index contributed by atoms with van der Waals surface area (Å²) in [5, 5.41) is 3.45. The molecule has 0 aromatic heterocycles. The van der Waals surface area contributed by atoms with Crippen molar-refractivity contribution in [3.05, 3.63) is 35.4 Å². The van der Waals surface area contributed by atoms with Crippen molar-refractivity contribution in [2.24, 2.45) is 5.41 Å². The highest BCUT2D eigenvalue weighted by molar-refractivity contribution is 6.18. The summed E-state index contributed by atoms with van der Waals surface area (Å²) in [4.78, 5) is 0. The van der Waals surface area contributed by atoms with E-state index in [1.54, 1.807) is 0 Å². The topological polar surface area (TPSA) is 12.0 Å². The van der Waals surface area contributed by atoms with Crippen molar-refractivity contribution in [2.45, 2.75) is 27.3 Å². The first-order valence-corrected chi connectivity index (χ1v) is 5.90. The predicted octanol–water partition coefficient (Wildman–Crippen LogP) is 3.35. The molecule has 0 unspecified atom stereocenters. The van der Waals surface area contributed by atoms with Gasteiger partial charge in [-0.2, -0.15) is 0 Å². The minimum absolute atomic E-state index is 0.171. The van der Waals surface area contributed by atoms with Crippen molar-refractivity contribution in [3.8, 4) is 0 Å². The number of benzene rings is 1. The van der Waals surface area contributed by atoms with Gasteiger partial charge in [0.25, 0.3) is 0 Å². The Hall–Kier alpha value is -0.530. The molecule has 0 radical (unpaired) electrons. The van der Waals surface area contributed by atoms with Gasteiger partial charge in [0.1, 0.15) is 0 Å². The van der Waals surface area contributed by atoms with Crippen molar-refractivity contribution < 1.29 is 0 Å². The van der Waals surface area contributed by atoms with Crippen LogP contribution in [-0.2, 0) is 6.54 Å². The number of nitrogens with one attached hydrogen (secondary N) is 1. The normalized spacial score (nSPS) is 11.7. The average molecular weight is 226 g/mol. The molecule has 1 rings (SSSR count). The van der Waals surface area contributed by atoms with E-state index in [4.69, 9.17) is 11.6 Å². The van der Waals surface area contributed by atoms with Gasteiger partial charge in [0.15, 0.2) is 0 Å². The molecule has 0 heterocycles. The third-order valence-electron chi connectivity index (χ3n) is 2.54. The van der Waals surface area contributed by atoms with E-state index >= 15 is 0 Å². The van der Waals surface area contributed by atoms with Crippen LogP contribution in [0.1, 0.15) is 25.0 Å². The fraction of sp³-hybridized carbons (Fsp3) is 0.538. The van der Waals surface area contributed by atoms with Crippen molar-refractivity contribution in [1.82, 2.24) is 5.32 Å². The third kappa shape index (κ3) is 4.23. The number of alkyl halides is 1. The minimum atomic E-state index is 0.171. The van der Waals surface area contributed by atoms with Crippen LogP contribution in [0.2, 0.25) is 0 Å². The highest BCUT2D eigenvalue weighted by atomic mass is 35.5. The average Bonchev–Trinajstić information content (AvgIpc) is 2.21. The monoisotopic (exact) mass is 225 g/mol. The second-order valence-electron chi connectivity index (χ2n) is 4.83. The van der Waals surface area contributed by atoms with E-state index in [2.05, 4.69) is 50.4 Å². The van der Waals surface area contributed by atoms with Crippen molar-refractivity contribution in [2.75, 3.05) is 12.4 Å². The smallest absolute Gasteiger partial charge is 0.0286 e. The number of rotatable bonds is 5. The van der Waals surface area contributed by atoms with E-state index in [0.29, 0.717) is 5.88 Å². The largest absolute Gasteiger partial charge is 0.312 e. The number of aryl methyl sites for hydroxylation is 1. The van der Waals surface area contributed by atoms with Gasteiger partial charge < -0.3 is 5.32 Å². The van der Waals surface area contributed by atoms with E-state index in [1.807, 2.05) is 0 Å². The Balaban J connectivity index is 2.42. The van der Waals surface area contributed by atoms with E-state index in [9.17, 15) is 0 Å². The summed E-state index contributed by atoms with van der Waals surface area (Å²) in [7, 11) is 0.